The highest BCUT2D eigenvalue weighted by Crippen LogP contribution is 2.41. The fourth-order valence-electron chi connectivity index (χ4n) is 3.28. The van der Waals surface area contributed by atoms with Gasteiger partial charge in [0.2, 0.25) is 0 Å². The van der Waals surface area contributed by atoms with E-state index in [2.05, 4.69) is 17.1 Å². The van der Waals surface area contributed by atoms with Crippen molar-refractivity contribution in [1.82, 2.24) is 4.98 Å². The van der Waals surface area contributed by atoms with Crippen LogP contribution in [0.15, 0.2) is 28.9 Å². The van der Waals surface area contributed by atoms with E-state index in [9.17, 15) is 0 Å². The Kier molecular flexibility index (Phi) is 4.34. The third-order valence-electron chi connectivity index (χ3n) is 4.48. The lowest BCUT2D eigenvalue weighted by Gasteiger charge is -2.25. The summed E-state index contributed by atoms with van der Waals surface area (Å²) in [6.45, 7) is 4.06. The summed E-state index contributed by atoms with van der Waals surface area (Å²) in [7, 11) is 0. The first-order valence-electron chi connectivity index (χ1n) is 7.81. The van der Waals surface area contributed by atoms with Crippen molar-refractivity contribution in [2.45, 2.75) is 51.3 Å². The minimum Gasteiger partial charge on any atom is -0.461 e. The Morgan fingerprint density at radius 3 is 2.62 bits per heavy atom. The second-order valence-electron chi connectivity index (χ2n) is 6.17. The van der Waals surface area contributed by atoms with Gasteiger partial charge in [-0.25, -0.2) is 0 Å². The highest BCUT2D eigenvalue weighted by molar-refractivity contribution is 6.21. The average Bonchev–Trinajstić information content (AvgIpc) is 2.89. The maximum atomic E-state index is 6.75. The molecule has 0 aliphatic heterocycles. The summed E-state index contributed by atoms with van der Waals surface area (Å²) in [6, 6.07) is 4.21. The van der Waals surface area contributed by atoms with Crippen molar-refractivity contribution >= 4 is 11.6 Å². The van der Waals surface area contributed by atoms with Crippen molar-refractivity contribution in [3.8, 4) is 11.3 Å². The second kappa shape index (κ2) is 6.23. The van der Waals surface area contributed by atoms with E-state index in [-0.39, 0.29) is 5.38 Å². The first-order valence-corrected chi connectivity index (χ1v) is 8.25. The zero-order chi connectivity index (χ0) is 14.8. The normalized spacial score (nSPS) is 17.9. The van der Waals surface area contributed by atoms with E-state index in [0.717, 1.165) is 28.2 Å². The average molecular weight is 304 g/mol. The van der Waals surface area contributed by atoms with Gasteiger partial charge >= 0.3 is 0 Å². The first-order chi connectivity index (χ1) is 10.1. The van der Waals surface area contributed by atoms with Gasteiger partial charge in [-0.15, -0.1) is 11.6 Å². The summed E-state index contributed by atoms with van der Waals surface area (Å²) in [5.74, 6) is 2.40. The first kappa shape index (κ1) is 14.6. The van der Waals surface area contributed by atoms with Crippen LogP contribution in [0.2, 0.25) is 0 Å². The smallest absolute Gasteiger partial charge is 0.136 e. The molecule has 1 unspecified atom stereocenters. The Morgan fingerprint density at radius 1 is 1.14 bits per heavy atom. The summed E-state index contributed by atoms with van der Waals surface area (Å²) in [6.07, 6.45) is 10.1. The molecule has 2 heterocycles. The molecule has 0 radical (unpaired) electrons. The van der Waals surface area contributed by atoms with Crippen LogP contribution in [0.5, 0.6) is 0 Å². The Morgan fingerprint density at radius 2 is 1.90 bits per heavy atom. The molecule has 0 spiro atoms. The Hall–Kier alpha value is -1.28. The number of furan rings is 1. The number of rotatable bonds is 3. The van der Waals surface area contributed by atoms with Crippen LogP contribution < -0.4 is 0 Å². The van der Waals surface area contributed by atoms with E-state index < -0.39 is 0 Å². The van der Waals surface area contributed by atoms with Gasteiger partial charge in [-0.1, -0.05) is 19.3 Å². The zero-order valence-electron chi connectivity index (χ0n) is 12.7. The Balaban J connectivity index is 1.87. The number of aromatic nitrogens is 1. The molecule has 0 aromatic carbocycles. The molecule has 2 aromatic heterocycles. The molecule has 1 aliphatic rings. The lowest BCUT2D eigenvalue weighted by molar-refractivity contribution is 0.346. The van der Waals surface area contributed by atoms with Crippen LogP contribution in [0, 0.1) is 19.8 Å². The third kappa shape index (κ3) is 3.16. The molecule has 21 heavy (non-hydrogen) atoms. The van der Waals surface area contributed by atoms with Gasteiger partial charge in [-0.3, -0.25) is 4.98 Å². The number of pyridine rings is 1. The van der Waals surface area contributed by atoms with Crippen molar-refractivity contribution in [3.05, 3.63) is 41.4 Å². The monoisotopic (exact) mass is 303 g/mol. The van der Waals surface area contributed by atoms with Gasteiger partial charge in [0.15, 0.2) is 0 Å². The standard InChI is InChI=1S/C18H22ClNO/c1-12-8-15(11-20-10-12)17-9-16(13(2)21-17)18(19)14-6-4-3-5-7-14/h8-11,14,18H,3-7H2,1-2H3. The van der Waals surface area contributed by atoms with Gasteiger partial charge in [-0.05, 0) is 50.3 Å². The Labute approximate surface area is 131 Å². The van der Waals surface area contributed by atoms with E-state index in [4.69, 9.17) is 16.0 Å². The van der Waals surface area contributed by atoms with Gasteiger partial charge < -0.3 is 4.42 Å². The SMILES string of the molecule is Cc1cncc(-c2cc(C(Cl)C3CCCCC3)c(C)o2)c1. The van der Waals surface area contributed by atoms with Crippen molar-refractivity contribution in [2.24, 2.45) is 5.92 Å². The largest absolute Gasteiger partial charge is 0.461 e. The molecule has 0 bridgehead atoms. The fraction of sp³-hybridized carbons (Fsp3) is 0.500. The molecule has 1 fully saturated rings. The van der Waals surface area contributed by atoms with Crippen LogP contribution in [0.3, 0.4) is 0 Å². The van der Waals surface area contributed by atoms with E-state index in [1.54, 1.807) is 0 Å². The number of alkyl halides is 1. The molecule has 1 atom stereocenters. The second-order valence-corrected chi connectivity index (χ2v) is 6.64. The quantitative estimate of drug-likeness (QED) is 0.668. The lowest BCUT2D eigenvalue weighted by atomic mass is 9.84. The highest BCUT2D eigenvalue weighted by Gasteiger charge is 2.26. The van der Waals surface area contributed by atoms with E-state index >= 15 is 0 Å². The third-order valence-corrected chi connectivity index (χ3v) is 5.07. The molecule has 1 saturated carbocycles. The van der Waals surface area contributed by atoms with Gasteiger partial charge in [0.1, 0.15) is 11.5 Å². The maximum absolute atomic E-state index is 6.75. The van der Waals surface area contributed by atoms with Crippen molar-refractivity contribution in [3.63, 3.8) is 0 Å². The van der Waals surface area contributed by atoms with Crippen LogP contribution >= 0.6 is 11.6 Å². The van der Waals surface area contributed by atoms with E-state index in [0.29, 0.717) is 5.92 Å². The molecule has 0 saturated heterocycles. The summed E-state index contributed by atoms with van der Waals surface area (Å²) in [5.41, 5.74) is 3.31. The molecule has 0 amide bonds. The van der Waals surface area contributed by atoms with Gasteiger partial charge in [0, 0.05) is 23.5 Å². The number of nitrogens with zero attached hydrogens (tertiary/aromatic N) is 1. The maximum Gasteiger partial charge on any atom is 0.136 e. The predicted molar refractivity (Wildman–Crippen MR) is 86.6 cm³/mol. The van der Waals surface area contributed by atoms with Crippen LogP contribution in [0.1, 0.15) is 54.4 Å². The molecule has 2 aromatic rings. The van der Waals surface area contributed by atoms with Crippen molar-refractivity contribution in [2.75, 3.05) is 0 Å². The van der Waals surface area contributed by atoms with Crippen molar-refractivity contribution < 1.29 is 4.42 Å². The number of hydrogen-bond donors (Lipinski definition) is 0. The molecule has 3 heteroatoms. The number of hydrogen-bond acceptors (Lipinski definition) is 2. The van der Waals surface area contributed by atoms with Crippen LogP contribution in [0.4, 0.5) is 0 Å². The summed E-state index contributed by atoms with van der Waals surface area (Å²) >= 11 is 6.75. The predicted octanol–water partition coefficient (Wildman–Crippen LogP) is 5.82. The van der Waals surface area contributed by atoms with Crippen molar-refractivity contribution in [1.29, 1.82) is 0 Å². The summed E-state index contributed by atoms with van der Waals surface area (Å²) in [4.78, 5) is 4.24. The Bertz CT molecular complexity index is 613. The minimum atomic E-state index is 0.0700. The molecular weight excluding hydrogens is 282 g/mol. The lowest BCUT2D eigenvalue weighted by Crippen LogP contribution is -2.12. The molecule has 2 nitrogen and oxygen atoms in total. The van der Waals surface area contributed by atoms with Gasteiger partial charge in [0.25, 0.3) is 0 Å². The zero-order valence-corrected chi connectivity index (χ0v) is 13.5. The summed E-state index contributed by atoms with van der Waals surface area (Å²) in [5, 5.41) is 0.0700. The van der Waals surface area contributed by atoms with E-state index in [1.165, 1.54) is 32.1 Å². The molecule has 0 N–H and O–H groups in total. The topological polar surface area (TPSA) is 26.0 Å². The van der Waals surface area contributed by atoms with Crippen LogP contribution in [-0.2, 0) is 0 Å². The molecule has 1 aliphatic carbocycles. The summed E-state index contributed by atoms with van der Waals surface area (Å²) < 4.78 is 5.94. The van der Waals surface area contributed by atoms with Gasteiger partial charge in [0.05, 0.1) is 5.38 Å². The van der Waals surface area contributed by atoms with Gasteiger partial charge in [-0.2, -0.15) is 0 Å². The fourth-order valence-corrected chi connectivity index (χ4v) is 3.75. The minimum absolute atomic E-state index is 0.0700. The molecule has 112 valence electrons. The highest BCUT2D eigenvalue weighted by atomic mass is 35.5. The van der Waals surface area contributed by atoms with Crippen LogP contribution in [0.25, 0.3) is 11.3 Å². The molecule has 3 rings (SSSR count). The van der Waals surface area contributed by atoms with E-state index in [1.807, 2.05) is 26.2 Å². The molecular formula is C18H22ClNO. The van der Waals surface area contributed by atoms with Crippen LogP contribution in [-0.4, -0.2) is 4.98 Å². The number of aryl methyl sites for hydroxylation is 2. The number of halogens is 1.